The molecule has 3 aromatic rings. The Labute approximate surface area is 167 Å². The van der Waals surface area contributed by atoms with Gasteiger partial charge in [0.25, 0.3) is 0 Å². The van der Waals surface area contributed by atoms with Gasteiger partial charge in [-0.1, -0.05) is 63.2 Å². The molecule has 2 aromatic carbocycles. The Hall–Kier alpha value is -2.95. The van der Waals surface area contributed by atoms with Crippen LogP contribution in [0.2, 0.25) is 0 Å². The van der Waals surface area contributed by atoms with E-state index in [0.717, 1.165) is 12.2 Å². The standard InChI is InChI=1S/C23H29N5/c1-17(2)28(16-18-9-7-6-8-10-18)22-26-21(15-24-27-22)25-20-13-11-19(12-14-20)23(3,4)5/h6-15,17H,16H2,1-5H3,(H,25,26,27). The third-order valence-electron chi connectivity index (χ3n) is 4.65. The zero-order chi connectivity index (χ0) is 20.1. The molecular formula is C23H29N5. The summed E-state index contributed by atoms with van der Waals surface area (Å²) in [4.78, 5) is 6.85. The molecule has 0 amide bonds. The van der Waals surface area contributed by atoms with Crippen LogP contribution in [-0.2, 0) is 12.0 Å². The van der Waals surface area contributed by atoms with Gasteiger partial charge in [-0.25, -0.2) is 0 Å². The van der Waals surface area contributed by atoms with Gasteiger partial charge >= 0.3 is 0 Å². The maximum absolute atomic E-state index is 4.70. The summed E-state index contributed by atoms with van der Waals surface area (Å²) in [5.74, 6) is 1.31. The van der Waals surface area contributed by atoms with E-state index in [-0.39, 0.29) is 11.5 Å². The Morgan fingerprint density at radius 1 is 0.964 bits per heavy atom. The van der Waals surface area contributed by atoms with E-state index in [1.54, 1.807) is 6.20 Å². The van der Waals surface area contributed by atoms with Crippen molar-refractivity contribution >= 4 is 17.5 Å². The number of nitrogens with zero attached hydrogens (tertiary/aromatic N) is 4. The zero-order valence-corrected chi connectivity index (χ0v) is 17.3. The van der Waals surface area contributed by atoms with Gasteiger partial charge < -0.3 is 10.2 Å². The summed E-state index contributed by atoms with van der Waals surface area (Å²) in [5, 5.41) is 11.8. The van der Waals surface area contributed by atoms with Crippen molar-refractivity contribution in [3.8, 4) is 0 Å². The van der Waals surface area contributed by atoms with Crippen molar-refractivity contribution < 1.29 is 0 Å². The third-order valence-corrected chi connectivity index (χ3v) is 4.65. The second kappa shape index (κ2) is 8.38. The summed E-state index contributed by atoms with van der Waals surface area (Å²) in [7, 11) is 0. The predicted molar refractivity (Wildman–Crippen MR) is 116 cm³/mol. The largest absolute Gasteiger partial charge is 0.339 e. The minimum absolute atomic E-state index is 0.136. The fraction of sp³-hybridized carbons (Fsp3) is 0.348. The van der Waals surface area contributed by atoms with Crippen LogP contribution in [0.3, 0.4) is 0 Å². The van der Waals surface area contributed by atoms with Crippen molar-refractivity contribution in [2.24, 2.45) is 0 Å². The molecule has 1 aromatic heterocycles. The predicted octanol–water partition coefficient (Wildman–Crippen LogP) is 5.33. The first-order chi connectivity index (χ1) is 13.3. The number of hydrogen-bond donors (Lipinski definition) is 1. The molecule has 0 atom stereocenters. The van der Waals surface area contributed by atoms with Gasteiger partial charge in [-0.2, -0.15) is 10.1 Å². The highest BCUT2D eigenvalue weighted by Crippen LogP contribution is 2.25. The van der Waals surface area contributed by atoms with E-state index in [1.807, 2.05) is 18.2 Å². The van der Waals surface area contributed by atoms with Gasteiger partial charge in [0, 0.05) is 18.3 Å². The van der Waals surface area contributed by atoms with Gasteiger partial charge in [0.15, 0.2) is 5.82 Å². The van der Waals surface area contributed by atoms with Crippen molar-refractivity contribution in [1.82, 2.24) is 15.2 Å². The van der Waals surface area contributed by atoms with E-state index in [1.165, 1.54) is 11.1 Å². The summed E-state index contributed by atoms with van der Waals surface area (Å²) in [6.45, 7) is 11.6. The molecule has 0 aliphatic rings. The van der Waals surface area contributed by atoms with Crippen molar-refractivity contribution in [2.45, 2.75) is 52.6 Å². The molecule has 0 saturated carbocycles. The minimum atomic E-state index is 0.136. The molecule has 1 N–H and O–H groups in total. The monoisotopic (exact) mass is 375 g/mol. The lowest BCUT2D eigenvalue weighted by atomic mass is 9.87. The number of benzene rings is 2. The lowest BCUT2D eigenvalue weighted by Crippen LogP contribution is -2.32. The Bertz CT molecular complexity index is 883. The van der Waals surface area contributed by atoms with E-state index in [9.17, 15) is 0 Å². The molecule has 0 saturated heterocycles. The first-order valence-corrected chi connectivity index (χ1v) is 9.71. The lowest BCUT2D eigenvalue weighted by Gasteiger charge is -2.26. The van der Waals surface area contributed by atoms with E-state index in [0.29, 0.717) is 11.8 Å². The van der Waals surface area contributed by atoms with Crippen LogP contribution in [0.25, 0.3) is 0 Å². The van der Waals surface area contributed by atoms with Crippen LogP contribution in [0.5, 0.6) is 0 Å². The summed E-state index contributed by atoms with van der Waals surface area (Å²) in [6.07, 6.45) is 1.65. The molecule has 28 heavy (non-hydrogen) atoms. The first kappa shape index (κ1) is 19.8. The number of hydrogen-bond acceptors (Lipinski definition) is 5. The molecule has 0 spiro atoms. The molecule has 0 unspecified atom stereocenters. The highest BCUT2D eigenvalue weighted by atomic mass is 15.3. The first-order valence-electron chi connectivity index (χ1n) is 9.71. The highest BCUT2D eigenvalue weighted by molar-refractivity contribution is 5.57. The average molecular weight is 376 g/mol. The Morgan fingerprint density at radius 2 is 1.64 bits per heavy atom. The molecule has 1 heterocycles. The van der Waals surface area contributed by atoms with Gasteiger partial charge in [-0.05, 0) is 42.5 Å². The number of rotatable bonds is 6. The average Bonchev–Trinajstić information content (AvgIpc) is 2.66. The normalized spacial score (nSPS) is 11.5. The van der Waals surface area contributed by atoms with Crippen LogP contribution < -0.4 is 10.2 Å². The zero-order valence-electron chi connectivity index (χ0n) is 17.3. The molecular weight excluding hydrogens is 346 g/mol. The molecule has 0 radical (unpaired) electrons. The van der Waals surface area contributed by atoms with Crippen molar-refractivity contribution in [3.05, 3.63) is 71.9 Å². The molecule has 0 fully saturated rings. The number of nitrogens with one attached hydrogen (secondary N) is 1. The van der Waals surface area contributed by atoms with Crippen molar-refractivity contribution in [2.75, 3.05) is 10.2 Å². The molecule has 0 aliphatic heterocycles. The van der Waals surface area contributed by atoms with E-state index in [4.69, 9.17) is 4.98 Å². The third kappa shape index (κ3) is 5.06. The highest BCUT2D eigenvalue weighted by Gasteiger charge is 2.16. The fourth-order valence-electron chi connectivity index (χ4n) is 2.94. The number of anilines is 3. The summed E-state index contributed by atoms with van der Waals surface area (Å²) in [5.41, 5.74) is 3.64. The maximum Gasteiger partial charge on any atom is 0.247 e. The van der Waals surface area contributed by atoms with Crippen LogP contribution in [0.15, 0.2) is 60.8 Å². The lowest BCUT2D eigenvalue weighted by molar-refractivity contribution is 0.590. The van der Waals surface area contributed by atoms with E-state index in [2.05, 4.69) is 91.4 Å². The van der Waals surface area contributed by atoms with Crippen LogP contribution in [0.1, 0.15) is 45.7 Å². The van der Waals surface area contributed by atoms with Crippen molar-refractivity contribution in [3.63, 3.8) is 0 Å². The van der Waals surface area contributed by atoms with Gasteiger partial charge in [-0.15, -0.1) is 5.10 Å². The molecule has 5 nitrogen and oxygen atoms in total. The molecule has 146 valence electrons. The SMILES string of the molecule is CC(C)N(Cc1ccccc1)c1nncc(Nc2ccc(C(C)(C)C)cc2)n1. The van der Waals surface area contributed by atoms with Crippen LogP contribution in [-0.4, -0.2) is 21.2 Å². The topological polar surface area (TPSA) is 53.9 Å². The number of aromatic nitrogens is 3. The molecule has 3 rings (SSSR count). The smallest absolute Gasteiger partial charge is 0.247 e. The van der Waals surface area contributed by atoms with Gasteiger partial charge in [0.05, 0.1) is 6.20 Å². The Kier molecular flexibility index (Phi) is 5.93. The quantitative estimate of drug-likeness (QED) is 0.631. The van der Waals surface area contributed by atoms with E-state index >= 15 is 0 Å². The summed E-state index contributed by atoms with van der Waals surface area (Å²) >= 11 is 0. The van der Waals surface area contributed by atoms with Crippen LogP contribution in [0, 0.1) is 0 Å². The van der Waals surface area contributed by atoms with Gasteiger partial charge in [0.1, 0.15) is 0 Å². The Morgan fingerprint density at radius 3 is 2.25 bits per heavy atom. The van der Waals surface area contributed by atoms with Crippen LogP contribution in [0.4, 0.5) is 17.5 Å². The molecule has 5 heteroatoms. The van der Waals surface area contributed by atoms with Crippen LogP contribution >= 0.6 is 0 Å². The van der Waals surface area contributed by atoms with E-state index < -0.39 is 0 Å². The second-order valence-electron chi connectivity index (χ2n) is 8.30. The molecule has 0 bridgehead atoms. The van der Waals surface area contributed by atoms with Gasteiger partial charge in [0.2, 0.25) is 5.95 Å². The van der Waals surface area contributed by atoms with Crippen molar-refractivity contribution in [1.29, 1.82) is 0 Å². The summed E-state index contributed by atoms with van der Waals surface area (Å²) < 4.78 is 0. The van der Waals surface area contributed by atoms with Gasteiger partial charge in [-0.3, -0.25) is 0 Å². The fourth-order valence-corrected chi connectivity index (χ4v) is 2.94. The Balaban J connectivity index is 1.78. The molecule has 0 aliphatic carbocycles. The second-order valence-corrected chi connectivity index (χ2v) is 8.30. The maximum atomic E-state index is 4.70. The minimum Gasteiger partial charge on any atom is -0.339 e. The summed E-state index contributed by atoms with van der Waals surface area (Å²) in [6, 6.07) is 19.0.